The quantitative estimate of drug-likeness (QED) is 0.662. The van der Waals surface area contributed by atoms with Crippen molar-refractivity contribution in [2.45, 2.75) is 18.4 Å². The van der Waals surface area contributed by atoms with Gasteiger partial charge in [-0.25, -0.2) is 13.1 Å². The minimum atomic E-state index is -3.74. The summed E-state index contributed by atoms with van der Waals surface area (Å²) in [5.41, 5.74) is 1.23. The first-order valence-electron chi connectivity index (χ1n) is 8.05. The average molecular weight is 389 g/mol. The van der Waals surface area contributed by atoms with Crippen LogP contribution in [0.1, 0.15) is 11.5 Å². The Morgan fingerprint density at radius 1 is 1.11 bits per heavy atom. The molecule has 2 aromatic carbocycles. The third-order valence-electron chi connectivity index (χ3n) is 3.90. The standard InChI is InChI=1S/C18H19N3O5S/c1-12-10-13(24-2)8-9-16(12)27(22,23)19-11-17-20-18(21-26-17)14-6-4-5-7-15(14)25-3/h4-10,19H,11H2,1-3H3. The van der Waals surface area contributed by atoms with E-state index in [1.54, 1.807) is 38.3 Å². The van der Waals surface area contributed by atoms with Crippen LogP contribution in [0.15, 0.2) is 51.9 Å². The van der Waals surface area contributed by atoms with Gasteiger partial charge in [0.2, 0.25) is 21.7 Å². The Kier molecular flexibility index (Phi) is 5.43. The van der Waals surface area contributed by atoms with Crippen LogP contribution in [-0.2, 0) is 16.6 Å². The van der Waals surface area contributed by atoms with Crippen molar-refractivity contribution in [2.24, 2.45) is 0 Å². The number of aromatic nitrogens is 2. The molecule has 27 heavy (non-hydrogen) atoms. The molecule has 0 saturated carbocycles. The molecule has 9 heteroatoms. The van der Waals surface area contributed by atoms with Gasteiger partial charge >= 0.3 is 0 Å². The molecule has 3 aromatic rings. The molecule has 0 unspecified atom stereocenters. The minimum absolute atomic E-state index is 0.129. The number of hydrogen-bond donors (Lipinski definition) is 1. The molecule has 0 aliphatic heterocycles. The lowest BCUT2D eigenvalue weighted by Gasteiger charge is -2.09. The van der Waals surface area contributed by atoms with Crippen molar-refractivity contribution in [1.82, 2.24) is 14.9 Å². The number of ether oxygens (including phenoxy) is 2. The van der Waals surface area contributed by atoms with Crippen molar-refractivity contribution in [1.29, 1.82) is 0 Å². The Bertz CT molecular complexity index is 1050. The lowest BCUT2D eigenvalue weighted by Crippen LogP contribution is -2.24. The van der Waals surface area contributed by atoms with Gasteiger partial charge in [0.25, 0.3) is 0 Å². The number of aryl methyl sites for hydroxylation is 1. The van der Waals surface area contributed by atoms with Crippen molar-refractivity contribution in [3.8, 4) is 22.9 Å². The van der Waals surface area contributed by atoms with Gasteiger partial charge in [0.15, 0.2) is 0 Å². The van der Waals surface area contributed by atoms with E-state index in [1.807, 2.05) is 12.1 Å². The van der Waals surface area contributed by atoms with Crippen molar-refractivity contribution < 1.29 is 22.4 Å². The van der Waals surface area contributed by atoms with E-state index in [1.165, 1.54) is 13.2 Å². The van der Waals surface area contributed by atoms with Crippen LogP contribution in [0.5, 0.6) is 11.5 Å². The van der Waals surface area contributed by atoms with Crippen LogP contribution >= 0.6 is 0 Å². The van der Waals surface area contributed by atoms with Gasteiger partial charge in [0, 0.05) is 0 Å². The first-order chi connectivity index (χ1) is 12.9. The number of rotatable bonds is 7. The monoisotopic (exact) mass is 389 g/mol. The predicted octanol–water partition coefficient (Wildman–Crippen LogP) is 2.54. The van der Waals surface area contributed by atoms with Gasteiger partial charge in [-0.2, -0.15) is 4.98 Å². The zero-order chi connectivity index (χ0) is 19.4. The molecule has 0 atom stereocenters. The number of para-hydroxylation sites is 1. The normalized spacial score (nSPS) is 11.4. The second-order valence-corrected chi connectivity index (χ2v) is 7.40. The molecule has 0 radical (unpaired) electrons. The van der Waals surface area contributed by atoms with Gasteiger partial charge in [-0.1, -0.05) is 17.3 Å². The summed E-state index contributed by atoms with van der Waals surface area (Å²) in [4.78, 5) is 4.39. The van der Waals surface area contributed by atoms with Crippen LogP contribution in [-0.4, -0.2) is 32.8 Å². The molecular formula is C18H19N3O5S. The third-order valence-corrected chi connectivity index (χ3v) is 5.46. The summed E-state index contributed by atoms with van der Waals surface area (Å²) in [5.74, 6) is 1.65. The van der Waals surface area contributed by atoms with Crippen molar-refractivity contribution in [2.75, 3.05) is 14.2 Å². The molecule has 0 fully saturated rings. The van der Waals surface area contributed by atoms with E-state index in [4.69, 9.17) is 14.0 Å². The Labute approximate surface area is 157 Å². The molecule has 0 amide bonds. The zero-order valence-electron chi connectivity index (χ0n) is 15.1. The van der Waals surface area contributed by atoms with Gasteiger partial charge in [-0.15, -0.1) is 0 Å². The third kappa shape index (κ3) is 4.09. The molecular weight excluding hydrogens is 370 g/mol. The average Bonchev–Trinajstić information content (AvgIpc) is 3.15. The summed E-state index contributed by atoms with van der Waals surface area (Å²) in [7, 11) is -0.670. The molecule has 0 bridgehead atoms. The van der Waals surface area contributed by atoms with Gasteiger partial charge in [-0.05, 0) is 42.8 Å². The molecule has 1 aromatic heterocycles. The Morgan fingerprint density at radius 2 is 1.89 bits per heavy atom. The lowest BCUT2D eigenvalue weighted by atomic mass is 10.2. The van der Waals surface area contributed by atoms with Crippen LogP contribution in [0.4, 0.5) is 0 Å². The second-order valence-electron chi connectivity index (χ2n) is 5.67. The summed E-state index contributed by atoms with van der Waals surface area (Å²) in [6, 6.07) is 12.0. The van der Waals surface area contributed by atoms with E-state index in [9.17, 15) is 8.42 Å². The van der Waals surface area contributed by atoms with Gasteiger partial charge in [-0.3, -0.25) is 0 Å². The highest BCUT2D eigenvalue weighted by Crippen LogP contribution is 2.27. The molecule has 142 valence electrons. The minimum Gasteiger partial charge on any atom is -0.497 e. The molecule has 0 saturated heterocycles. The summed E-state index contributed by atoms with van der Waals surface area (Å²) >= 11 is 0. The fourth-order valence-electron chi connectivity index (χ4n) is 2.55. The Morgan fingerprint density at radius 3 is 2.59 bits per heavy atom. The number of methoxy groups -OCH3 is 2. The molecule has 1 N–H and O–H groups in total. The lowest BCUT2D eigenvalue weighted by molar-refractivity contribution is 0.375. The van der Waals surface area contributed by atoms with E-state index >= 15 is 0 Å². The molecule has 8 nitrogen and oxygen atoms in total. The highest BCUT2D eigenvalue weighted by molar-refractivity contribution is 7.89. The molecule has 1 heterocycles. The largest absolute Gasteiger partial charge is 0.497 e. The molecule has 3 rings (SSSR count). The topological polar surface area (TPSA) is 104 Å². The number of nitrogens with zero attached hydrogens (tertiary/aromatic N) is 2. The Hall–Kier alpha value is -2.91. The van der Waals surface area contributed by atoms with E-state index in [0.29, 0.717) is 28.5 Å². The van der Waals surface area contributed by atoms with Crippen LogP contribution in [0.3, 0.4) is 0 Å². The fraction of sp³-hybridized carbons (Fsp3) is 0.222. The Balaban J connectivity index is 1.76. The summed E-state index contributed by atoms with van der Waals surface area (Å²) < 4.78 is 43.1. The van der Waals surface area contributed by atoms with Crippen LogP contribution < -0.4 is 14.2 Å². The highest BCUT2D eigenvalue weighted by atomic mass is 32.2. The first-order valence-corrected chi connectivity index (χ1v) is 9.53. The molecule has 0 aliphatic rings. The second kappa shape index (κ2) is 7.77. The van der Waals surface area contributed by atoms with E-state index < -0.39 is 10.0 Å². The smallest absolute Gasteiger partial charge is 0.242 e. The van der Waals surface area contributed by atoms with E-state index in [2.05, 4.69) is 14.9 Å². The van der Waals surface area contributed by atoms with Crippen LogP contribution in [0.25, 0.3) is 11.4 Å². The number of nitrogens with one attached hydrogen (secondary N) is 1. The van der Waals surface area contributed by atoms with Gasteiger partial charge in [0.05, 0.1) is 31.2 Å². The van der Waals surface area contributed by atoms with Gasteiger partial charge in [0.1, 0.15) is 11.5 Å². The first kappa shape index (κ1) is 18.9. The van der Waals surface area contributed by atoms with Crippen molar-refractivity contribution >= 4 is 10.0 Å². The predicted molar refractivity (Wildman–Crippen MR) is 98.0 cm³/mol. The summed E-state index contributed by atoms with van der Waals surface area (Å²) in [6.45, 7) is 1.57. The highest BCUT2D eigenvalue weighted by Gasteiger charge is 2.19. The summed E-state index contributed by atoms with van der Waals surface area (Å²) in [6.07, 6.45) is 0. The molecule has 0 aliphatic carbocycles. The van der Waals surface area contributed by atoms with Crippen LogP contribution in [0, 0.1) is 6.92 Å². The van der Waals surface area contributed by atoms with E-state index in [0.717, 1.165) is 0 Å². The molecule has 0 spiro atoms. The fourth-order valence-corrected chi connectivity index (χ4v) is 3.75. The maximum absolute atomic E-state index is 12.5. The van der Waals surface area contributed by atoms with E-state index in [-0.39, 0.29) is 17.3 Å². The zero-order valence-corrected chi connectivity index (χ0v) is 15.9. The maximum Gasteiger partial charge on any atom is 0.242 e. The SMILES string of the molecule is COc1ccc(S(=O)(=O)NCc2nc(-c3ccccc3OC)no2)c(C)c1. The number of hydrogen-bond acceptors (Lipinski definition) is 7. The van der Waals surface area contributed by atoms with Crippen molar-refractivity contribution in [3.05, 3.63) is 53.9 Å². The summed E-state index contributed by atoms with van der Waals surface area (Å²) in [5, 5.41) is 3.89. The van der Waals surface area contributed by atoms with Gasteiger partial charge < -0.3 is 14.0 Å². The van der Waals surface area contributed by atoms with Crippen molar-refractivity contribution in [3.63, 3.8) is 0 Å². The number of benzene rings is 2. The maximum atomic E-state index is 12.5. The number of sulfonamides is 1. The van der Waals surface area contributed by atoms with Crippen LogP contribution in [0.2, 0.25) is 0 Å².